The van der Waals surface area contributed by atoms with Gasteiger partial charge in [-0.25, -0.2) is 8.42 Å². The highest BCUT2D eigenvalue weighted by Crippen LogP contribution is 2.16. The van der Waals surface area contributed by atoms with Crippen LogP contribution in [0, 0.1) is 0 Å². The molecule has 1 aromatic carbocycles. The first-order chi connectivity index (χ1) is 8.35. The fraction of sp³-hybridized carbons (Fsp3) is 0.400. The van der Waals surface area contributed by atoms with Crippen LogP contribution in [0.3, 0.4) is 0 Å². The highest BCUT2D eigenvalue weighted by atomic mass is 35.5. The molecule has 0 fully saturated rings. The maximum Gasteiger partial charge on any atom is 0.387 e. The molecule has 0 atom stereocenters. The molecule has 0 aliphatic carbocycles. The van der Waals surface area contributed by atoms with Crippen molar-refractivity contribution in [3.05, 3.63) is 29.8 Å². The van der Waals surface area contributed by atoms with E-state index in [1.54, 1.807) is 0 Å². The first-order valence-corrected chi connectivity index (χ1v) is 7.03. The second-order valence-electron chi connectivity index (χ2n) is 3.50. The molecular formula is C10H12ClF2NO3S. The lowest BCUT2D eigenvalue weighted by Crippen LogP contribution is -2.27. The molecular weight excluding hydrogens is 288 g/mol. The zero-order chi connectivity index (χ0) is 13.8. The Balaban J connectivity index is 2.70. The third-order valence-corrected chi connectivity index (χ3v) is 4.35. The van der Waals surface area contributed by atoms with Gasteiger partial charge in [0.1, 0.15) is 11.0 Å². The number of halogens is 3. The maximum atomic E-state index is 11.9. The number of hydrogen-bond acceptors (Lipinski definition) is 3. The second-order valence-corrected chi connectivity index (χ2v) is 6.16. The number of nitrogens with zero attached hydrogens (tertiary/aromatic N) is 1. The molecule has 0 aliphatic heterocycles. The largest absolute Gasteiger partial charge is 0.435 e. The van der Waals surface area contributed by atoms with E-state index in [0.29, 0.717) is 5.56 Å². The monoisotopic (exact) mass is 299 g/mol. The Labute approximate surface area is 109 Å². The van der Waals surface area contributed by atoms with E-state index >= 15 is 0 Å². The lowest BCUT2D eigenvalue weighted by atomic mass is 10.2. The van der Waals surface area contributed by atoms with Crippen LogP contribution in [0.5, 0.6) is 5.75 Å². The Morgan fingerprint density at radius 2 is 1.89 bits per heavy atom. The topological polar surface area (TPSA) is 46.6 Å². The van der Waals surface area contributed by atoms with Crippen molar-refractivity contribution >= 4 is 21.6 Å². The summed E-state index contributed by atoms with van der Waals surface area (Å²) in [7, 11) is -2.09. The summed E-state index contributed by atoms with van der Waals surface area (Å²) < 4.78 is 51.9. The van der Waals surface area contributed by atoms with E-state index in [-0.39, 0.29) is 12.3 Å². The van der Waals surface area contributed by atoms with E-state index in [4.69, 9.17) is 11.6 Å². The van der Waals surface area contributed by atoms with E-state index in [2.05, 4.69) is 4.74 Å². The van der Waals surface area contributed by atoms with Gasteiger partial charge in [-0.2, -0.15) is 13.1 Å². The van der Waals surface area contributed by atoms with Crippen molar-refractivity contribution < 1.29 is 21.9 Å². The van der Waals surface area contributed by atoms with Gasteiger partial charge in [0.05, 0.1) is 0 Å². The van der Waals surface area contributed by atoms with Crippen LogP contribution in [-0.4, -0.2) is 31.6 Å². The number of benzene rings is 1. The van der Waals surface area contributed by atoms with Crippen LogP contribution in [0.1, 0.15) is 5.56 Å². The van der Waals surface area contributed by atoms with Crippen molar-refractivity contribution in [2.24, 2.45) is 0 Å². The smallest absolute Gasteiger partial charge is 0.387 e. The molecule has 0 saturated heterocycles. The van der Waals surface area contributed by atoms with Gasteiger partial charge in [-0.05, 0) is 17.7 Å². The number of alkyl halides is 3. The predicted molar refractivity (Wildman–Crippen MR) is 64.2 cm³/mol. The highest BCUT2D eigenvalue weighted by Gasteiger charge is 2.16. The van der Waals surface area contributed by atoms with Crippen molar-refractivity contribution in [2.45, 2.75) is 13.2 Å². The molecule has 0 bridgehead atoms. The van der Waals surface area contributed by atoms with E-state index in [0.717, 1.165) is 4.31 Å². The minimum absolute atomic E-state index is 0.0246. The minimum atomic E-state index is -3.48. The Hall–Kier alpha value is -0.920. The predicted octanol–water partition coefficient (Wildman–Crippen LogP) is 2.25. The third kappa shape index (κ3) is 4.40. The van der Waals surface area contributed by atoms with Gasteiger partial charge >= 0.3 is 6.61 Å². The molecule has 8 heteroatoms. The molecule has 0 unspecified atom stereocenters. The summed E-state index contributed by atoms with van der Waals surface area (Å²) in [5.74, 6) is 0.0246. The molecule has 0 spiro atoms. The first kappa shape index (κ1) is 15.1. The average molecular weight is 300 g/mol. The summed E-state index contributed by atoms with van der Waals surface area (Å²) in [5, 5.41) is -0.504. The van der Waals surface area contributed by atoms with Crippen molar-refractivity contribution in [2.75, 3.05) is 12.3 Å². The molecule has 0 aliphatic rings. The van der Waals surface area contributed by atoms with E-state index in [1.807, 2.05) is 0 Å². The van der Waals surface area contributed by atoms with Crippen LogP contribution < -0.4 is 4.74 Å². The second kappa shape index (κ2) is 6.31. The van der Waals surface area contributed by atoms with Crippen LogP contribution in [0.25, 0.3) is 0 Å². The Morgan fingerprint density at radius 1 is 1.33 bits per heavy atom. The number of rotatable bonds is 6. The molecule has 0 radical (unpaired) electrons. The number of hydrogen-bond donors (Lipinski definition) is 0. The molecule has 18 heavy (non-hydrogen) atoms. The van der Waals surface area contributed by atoms with Gasteiger partial charge in [0, 0.05) is 13.6 Å². The molecule has 1 aromatic rings. The van der Waals surface area contributed by atoms with Crippen molar-refractivity contribution in [1.82, 2.24) is 4.31 Å². The van der Waals surface area contributed by atoms with Gasteiger partial charge in [-0.1, -0.05) is 12.1 Å². The maximum absolute atomic E-state index is 11.9. The normalized spacial score (nSPS) is 12.1. The van der Waals surface area contributed by atoms with Crippen molar-refractivity contribution in [3.8, 4) is 5.75 Å². The third-order valence-electron chi connectivity index (χ3n) is 2.17. The number of ether oxygens (including phenoxy) is 1. The van der Waals surface area contributed by atoms with Crippen LogP contribution in [0.15, 0.2) is 24.3 Å². The number of sulfonamides is 1. The molecule has 0 aromatic heterocycles. The Kier molecular flexibility index (Phi) is 5.30. The fourth-order valence-electron chi connectivity index (χ4n) is 1.22. The molecule has 0 amide bonds. The molecule has 102 valence electrons. The van der Waals surface area contributed by atoms with Gasteiger partial charge in [0.15, 0.2) is 0 Å². The van der Waals surface area contributed by atoms with Gasteiger partial charge in [0.25, 0.3) is 0 Å². The summed E-state index contributed by atoms with van der Waals surface area (Å²) in [6, 6.07) is 5.72. The van der Waals surface area contributed by atoms with Gasteiger partial charge in [0.2, 0.25) is 10.0 Å². The van der Waals surface area contributed by atoms with E-state index in [9.17, 15) is 17.2 Å². The first-order valence-electron chi connectivity index (χ1n) is 4.89. The lowest BCUT2D eigenvalue weighted by Gasteiger charge is -2.15. The Morgan fingerprint density at radius 3 is 2.33 bits per heavy atom. The van der Waals surface area contributed by atoms with Crippen LogP contribution in [0.2, 0.25) is 0 Å². The molecule has 0 N–H and O–H groups in total. The van der Waals surface area contributed by atoms with E-state index < -0.39 is 21.8 Å². The standard InChI is InChI=1S/C10H12ClF2NO3S/c1-14(18(15,16)7-11)6-8-2-4-9(5-3-8)17-10(12)13/h2-5,10H,6-7H2,1H3. The zero-order valence-corrected chi connectivity index (χ0v) is 11.1. The van der Waals surface area contributed by atoms with Gasteiger partial charge in [-0.3, -0.25) is 0 Å². The van der Waals surface area contributed by atoms with E-state index in [1.165, 1.54) is 31.3 Å². The minimum Gasteiger partial charge on any atom is -0.435 e. The lowest BCUT2D eigenvalue weighted by molar-refractivity contribution is -0.0498. The summed E-state index contributed by atoms with van der Waals surface area (Å²) in [4.78, 5) is 0. The van der Waals surface area contributed by atoms with Crippen molar-refractivity contribution in [3.63, 3.8) is 0 Å². The van der Waals surface area contributed by atoms with Gasteiger partial charge in [-0.15, -0.1) is 11.6 Å². The van der Waals surface area contributed by atoms with Crippen LogP contribution >= 0.6 is 11.6 Å². The van der Waals surface area contributed by atoms with Crippen LogP contribution in [0.4, 0.5) is 8.78 Å². The van der Waals surface area contributed by atoms with Gasteiger partial charge < -0.3 is 4.74 Å². The summed E-state index contributed by atoms with van der Waals surface area (Å²) in [6.07, 6.45) is 0. The molecule has 0 saturated carbocycles. The average Bonchev–Trinajstić information content (AvgIpc) is 2.31. The summed E-state index contributed by atoms with van der Waals surface area (Å²) in [5.41, 5.74) is 0.646. The fourth-order valence-corrected chi connectivity index (χ4v) is 2.23. The van der Waals surface area contributed by atoms with Crippen molar-refractivity contribution in [1.29, 1.82) is 0 Å². The molecule has 0 heterocycles. The van der Waals surface area contributed by atoms with Crippen LogP contribution in [-0.2, 0) is 16.6 Å². The SMILES string of the molecule is CN(Cc1ccc(OC(F)F)cc1)S(=O)(=O)CCl. The quantitative estimate of drug-likeness (QED) is 0.757. The zero-order valence-electron chi connectivity index (χ0n) is 9.52. The molecule has 4 nitrogen and oxygen atoms in total. The summed E-state index contributed by atoms with van der Waals surface area (Å²) in [6.45, 7) is -2.76. The Bertz CT molecular complexity index is 478. The summed E-state index contributed by atoms with van der Waals surface area (Å²) >= 11 is 5.30. The highest BCUT2D eigenvalue weighted by molar-refractivity contribution is 7.90. The molecule has 1 rings (SSSR count).